The zero-order valence-electron chi connectivity index (χ0n) is 27.0. The molecule has 12 heteroatoms. The van der Waals surface area contributed by atoms with Crippen LogP contribution in [0.15, 0.2) is 121 Å². The summed E-state index contributed by atoms with van der Waals surface area (Å²) < 4.78 is 44.0. The molecule has 0 bridgehead atoms. The van der Waals surface area contributed by atoms with Gasteiger partial charge in [-0.2, -0.15) is 0 Å². The van der Waals surface area contributed by atoms with Gasteiger partial charge in [0.25, 0.3) is 0 Å². The average Bonchev–Trinajstić information content (AvgIpc) is 2.96. The largest absolute Gasteiger partial charge is 0.416 e. The van der Waals surface area contributed by atoms with Gasteiger partial charge in [-0.05, 0) is 73.1 Å². The summed E-state index contributed by atoms with van der Waals surface area (Å²) in [5.41, 5.74) is 0. The fraction of sp³-hybridized carbons (Fsp3) is 0.250. The van der Waals surface area contributed by atoms with Crippen LogP contribution in [0.1, 0.15) is 0 Å². The van der Waals surface area contributed by atoms with Gasteiger partial charge in [0, 0.05) is 0 Å². The van der Waals surface area contributed by atoms with Crippen molar-refractivity contribution in [3.63, 3.8) is 0 Å². The van der Waals surface area contributed by atoms with Crippen molar-refractivity contribution in [2.24, 2.45) is 0 Å². The summed E-state index contributed by atoms with van der Waals surface area (Å²) in [5, 5.41) is 4.09. The zero-order valence-corrected chi connectivity index (χ0v) is 33.0. The lowest BCUT2D eigenvalue weighted by Crippen LogP contribution is -2.76. The third-order valence-electron chi connectivity index (χ3n) is 7.16. The molecular formula is C32H44O6Si6. The number of hydrogen-bond donors (Lipinski definition) is 0. The van der Waals surface area contributed by atoms with E-state index in [9.17, 15) is 0 Å². The molecule has 0 unspecified atom stereocenters. The maximum atomic E-state index is 7.42. The second kappa shape index (κ2) is 12.6. The minimum atomic E-state index is -3.35. The molecule has 5 rings (SSSR count). The van der Waals surface area contributed by atoms with Crippen molar-refractivity contribution in [2.75, 3.05) is 0 Å². The quantitative estimate of drug-likeness (QED) is 0.267. The van der Waals surface area contributed by atoms with E-state index in [4.69, 9.17) is 24.7 Å². The van der Waals surface area contributed by atoms with Gasteiger partial charge in [0.1, 0.15) is 0 Å². The van der Waals surface area contributed by atoms with E-state index in [0.717, 1.165) is 20.7 Å². The normalized spacial score (nSPS) is 22.2. The lowest BCUT2D eigenvalue weighted by Gasteiger charge is -2.49. The van der Waals surface area contributed by atoms with Crippen LogP contribution in [0.4, 0.5) is 0 Å². The molecule has 0 aliphatic carbocycles. The highest BCUT2D eigenvalue weighted by molar-refractivity contribution is 7.05. The predicted molar refractivity (Wildman–Crippen MR) is 192 cm³/mol. The Morgan fingerprint density at radius 2 is 0.455 bits per heavy atom. The third-order valence-corrected chi connectivity index (χ3v) is 31.9. The topological polar surface area (TPSA) is 55.4 Å². The minimum Gasteiger partial charge on any atom is -0.416 e. The molecule has 4 aromatic carbocycles. The monoisotopic (exact) mass is 692 g/mol. The summed E-state index contributed by atoms with van der Waals surface area (Å²) in [7, 11) is -18.5. The highest BCUT2D eigenvalue weighted by Gasteiger charge is 2.58. The number of benzene rings is 4. The molecule has 1 fully saturated rings. The van der Waals surface area contributed by atoms with Gasteiger partial charge in [-0.15, -0.1) is 0 Å². The molecule has 1 heterocycles. The zero-order chi connectivity index (χ0) is 31.7. The molecule has 0 N–H and O–H groups in total. The maximum absolute atomic E-state index is 7.42. The van der Waals surface area contributed by atoms with Crippen LogP contribution in [-0.4, -0.2) is 51.4 Å². The Morgan fingerprint density at radius 3 is 0.636 bits per heavy atom. The Kier molecular flexibility index (Phi) is 9.55. The van der Waals surface area contributed by atoms with E-state index >= 15 is 0 Å². The van der Waals surface area contributed by atoms with Crippen molar-refractivity contribution in [2.45, 2.75) is 52.4 Å². The van der Waals surface area contributed by atoms with Crippen molar-refractivity contribution in [3.05, 3.63) is 121 Å². The van der Waals surface area contributed by atoms with Crippen LogP contribution in [0.3, 0.4) is 0 Å². The Morgan fingerprint density at radius 1 is 0.273 bits per heavy atom. The van der Waals surface area contributed by atoms with Gasteiger partial charge in [-0.3, -0.25) is 0 Å². The Labute approximate surface area is 269 Å². The fourth-order valence-electron chi connectivity index (χ4n) is 6.13. The highest BCUT2D eigenvalue weighted by Crippen LogP contribution is 2.31. The van der Waals surface area contributed by atoms with Gasteiger partial charge in [0.05, 0.1) is 0 Å². The van der Waals surface area contributed by atoms with E-state index in [0.29, 0.717) is 0 Å². The lowest BCUT2D eigenvalue weighted by atomic mass is 10.4. The molecule has 4 aromatic rings. The summed E-state index contributed by atoms with van der Waals surface area (Å²) in [4.78, 5) is 0. The maximum Gasteiger partial charge on any atom is 0.389 e. The molecule has 0 saturated carbocycles. The van der Waals surface area contributed by atoms with E-state index in [2.05, 4.69) is 101 Å². The van der Waals surface area contributed by atoms with E-state index in [1.807, 2.05) is 72.8 Å². The van der Waals surface area contributed by atoms with Crippen LogP contribution >= 0.6 is 0 Å². The van der Waals surface area contributed by atoms with Gasteiger partial charge >= 0.3 is 51.4 Å². The number of rotatable bonds is 4. The van der Waals surface area contributed by atoms with Crippen LogP contribution in [0.2, 0.25) is 52.4 Å². The van der Waals surface area contributed by atoms with Gasteiger partial charge in [-0.1, -0.05) is 121 Å². The van der Waals surface area contributed by atoms with Gasteiger partial charge < -0.3 is 24.7 Å². The summed E-state index contributed by atoms with van der Waals surface area (Å²) in [5.74, 6) is 0. The molecule has 232 valence electrons. The van der Waals surface area contributed by atoms with Crippen LogP contribution in [0, 0.1) is 0 Å². The van der Waals surface area contributed by atoms with Crippen molar-refractivity contribution >= 4 is 72.1 Å². The van der Waals surface area contributed by atoms with E-state index in [1.165, 1.54) is 0 Å². The first-order valence-electron chi connectivity index (χ1n) is 15.1. The molecule has 0 amide bonds. The molecule has 1 aliphatic heterocycles. The van der Waals surface area contributed by atoms with E-state index in [-0.39, 0.29) is 0 Å². The van der Waals surface area contributed by atoms with Crippen molar-refractivity contribution < 1.29 is 24.7 Å². The Hall–Kier alpha value is -2.06. The van der Waals surface area contributed by atoms with Crippen LogP contribution < -0.4 is 20.7 Å². The molecule has 0 aromatic heterocycles. The molecule has 44 heavy (non-hydrogen) atoms. The van der Waals surface area contributed by atoms with Crippen molar-refractivity contribution in [1.29, 1.82) is 0 Å². The highest BCUT2D eigenvalue weighted by atomic mass is 28.5. The van der Waals surface area contributed by atoms with Crippen LogP contribution in [0.25, 0.3) is 0 Å². The first-order chi connectivity index (χ1) is 20.7. The summed E-state index contributed by atoms with van der Waals surface area (Å²) in [6, 6.07) is 41.4. The first-order valence-corrected chi connectivity index (χ1v) is 30.0. The summed E-state index contributed by atoms with van der Waals surface area (Å²) >= 11 is 0. The molecule has 0 radical (unpaired) electrons. The third kappa shape index (κ3) is 7.49. The molecule has 0 spiro atoms. The van der Waals surface area contributed by atoms with Crippen molar-refractivity contribution in [1.82, 2.24) is 0 Å². The van der Waals surface area contributed by atoms with E-state index in [1.54, 1.807) is 0 Å². The lowest BCUT2D eigenvalue weighted by molar-refractivity contribution is 0.249. The summed E-state index contributed by atoms with van der Waals surface area (Å²) in [6.45, 7) is 16.9. The van der Waals surface area contributed by atoms with Gasteiger partial charge in [0.15, 0.2) is 0 Å². The van der Waals surface area contributed by atoms with Gasteiger partial charge in [-0.25, -0.2) is 0 Å². The molecule has 1 saturated heterocycles. The molecule has 6 nitrogen and oxygen atoms in total. The van der Waals surface area contributed by atoms with Crippen LogP contribution in [-0.2, 0) is 24.7 Å². The van der Waals surface area contributed by atoms with Gasteiger partial charge in [0.2, 0.25) is 0 Å². The SMILES string of the molecule is C[Si]1(C)O[Si](C)(C)O[Si](c2ccccc2)(c2ccccc2)O[Si](C)(C)O[Si](C)(C)O[Si](c2ccccc2)(c2ccccc2)O1. The fourth-order valence-corrected chi connectivity index (χ4v) is 36.9. The second-order valence-electron chi connectivity index (χ2n) is 12.9. The number of hydrogen-bond acceptors (Lipinski definition) is 6. The molecular weight excluding hydrogens is 649 g/mol. The average molecular weight is 693 g/mol. The standard InChI is InChI=1S/C32H44O6Si6/c1-39(2)33-40(3,4)36-44(31-25-17-11-18-26-31,32-27-19-12-20-28-32)38-42(7,8)34-41(5,6)37-43(35-39,29-21-13-9-14-22-29)30-23-15-10-16-24-30/h9-28H,1-8H3. The second-order valence-corrected chi connectivity index (χ2v) is 33.8. The molecule has 0 atom stereocenters. The van der Waals surface area contributed by atoms with E-state index < -0.39 is 51.4 Å². The minimum absolute atomic E-state index is 1.02. The Bertz CT molecular complexity index is 1290. The summed E-state index contributed by atoms with van der Waals surface area (Å²) in [6.07, 6.45) is 0. The predicted octanol–water partition coefficient (Wildman–Crippen LogP) is 5.42. The molecule has 1 aliphatic rings. The Balaban J connectivity index is 1.73. The van der Waals surface area contributed by atoms with Crippen molar-refractivity contribution in [3.8, 4) is 0 Å². The first kappa shape index (κ1) is 33.3. The smallest absolute Gasteiger partial charge is 0.389 e. The van der Waals surface area contributed by atoms with Crippen LogP contribution in [0.5, 0.6) is 0 Å².